The monoisotopic (exact) mass is 471 g/mol. The van der Waals surface area contributed by atoms with E-state index in [1.165, 1.54) is 17.7 Å². The maximum Gasteiger partial charge on any atom is 0.191 e. The fourth-order valence-corrected chi connectivity index (χ4v) is 2.76. The molecule has 140 valence electrons. The lowest BCUT2D eigenvalue weighted by Crippen LogP contribution is -2.37. The van der Waals surface area contributed by atoms with Crippen LogP contribution in [0, 0.1) is 5.82 Å². The summed E-state index contributed by atoms with van der Waals surface area (Å²) in [5, 5.41) is 6.50. The minimum absolute atomic E-state index is 0. The number of aliphatic imine (C=N–C) groups is 1. The molecule has 0 saturated heterocycles. The smallest absolute Gasteiger partial charge is 0.191 e. The number of halogens is 2. The molecule has 5 nitrogen and oxygen atoms in total. The van der Waals surface area contributed by atoms with E-state index in [4.69, 9.17) is 9.47 Å². The lowest BCUT2D eigenvalue weighted by atomic mass is 10.1. The second-order valence-electron chi connectivity index (χ2n) is 5.75. The first-order chi connectivity index (χ1) is 12.3. The van der Waals surface area contributed by atoms with Crippen molar-refractivity contribution in [1.82, 2.24) is 10.6 Å². The quantitative estimate of drug-likeness (QED) is 0.400. The number of rotatable bonds is 5. The Balaban J connectivity index is 0.00000243. The molecule has 0 amide bonds. The van der Waals surface area contributed by atoms with Crippen molar-refractivity contribution in [2.45, 2.75) is 19.6 Å². The van der Waals surface area contributed by atoms with Crippen molar-refractivity contribution >= 4 is 29.9 Å². The highest BCUT2D eigenvalue weighted by Gasteiger charge is 2.16. The summed E-state index contributed by atoms with van der Waals surface area (Å²) < 4.78 is 24.5. The predicted molar refractivity (Wildman–Crippen MR) is 110 cm³/mol. The lowest BCUT2D eigenvalue weighted by Gasteiger charge is -2.21. The number of nitrogens with one attached hydrogen (secondary N) is 2. The SMILES string of the molecule is CN=C(NCCc1cc(F)cc2c1OCOC2)NCc1ccccc1.I. The van der Waals surface area contributed by atoms with E-state index < -0.39 is 0 Å². The van der Waals surface area contributed by atoms with Crippen LogP contribution in [0.3, 0.4) is 0 Å². The fourth-order valence-electron chi connectivity index (χ4n) is 2.76. The number of ether oxygens (including phenoxy) is 2. The third kappa shape index (κ3) is 5.57. The second-order valence-corrected chi connectivity index (χ2v) is 5.75. The number of benzene rings is 2. The zero-order valence-corrected chi connectivity index (χ0v) is 17.0. The van der Waals surface area contributed by atoms with Crippen molar-refractivity contribution in [3.8, 4) is 5.75 Å². The first-order valence-electron chi connectivity index (χ1n) is 8.26. The third-order valence-electron chi connectivity index (χ3n) is 3.96. The van der Waals surface area contributed by atoms with Crippen LogP contribution in [0.2, 0.25) is 0 Å². The van der Waals surface area contributed by atoms with Crippen LogP contribution in [0.25, 0.3) is 0 Å². The van der Waals surface area contributed by atoms with Crippen molar-refractivity contribution in [2.24, 2.45) is 4.99 Å². The number of hydrogen-bond donors (Lipinski definition) is 2. The van der Waals surface area contributed by atoms with Gasteiger partial charge in [0.25, 0.3) is 0 Å². The Kier molecular flexibility index (Phi) is 8.11. The van der Waals surface area contributed by atoms with Gasteiger partial charge in [0.15, 0.2) is 12.8 Å². The molecule has 0 aliphatic carbocycles. The molecule has 0 fully saturated rings. The molecule has 26 heavy (non-hydrogen) atoms. The summed E-state index contributed by atoms with van der Waals surface area (Å²) in [6, 6.07) is 13.1. The van der Waals surface area contributed by atoms with Crippen LogP contribution in [0.1, 0.15) is 16.7 Å². The normalized spacial score (nSPS) is 13.2. The molecule has 0 spiro atoms. The van der Waals surface area contributed by atoms with E-state index in [0.29, 0.717) is 32.1 Å². The molecule has 0 unspecified atom stereocenters. The van der Waals surface area contributed by atoms with Crippen LogP contribution in [-0.2, 0) is 24.3 Å². The molecular formula is C19H23FIN3O2. The van der Waals surface area contributed by atoms with E-state index in [1.54, 1.807) is 7.05 Å². The molecule has 0 aromatic heterocycles. The fraction of sp³-hybridized carbons (Fsp3) is 0.316. The van der Waals surface area contributed by atoms with Crippen LogP contribution in [0.4, 0.5) is 4.39 Å². The molecule has 1 heterocycles. The van der Waals surface area contributed by atoms with Crippen molar-refractivity contribution < 1.29 is 13.9 Å². The Morgan fingerprint density at radius 2 is 2.00 bits per heavy atom. The highest BCUT2D eigenvalue weighted by atomic mass is 127. The standard InChI is InChI=1S/C19H22FN3O2.HI/c1-21-19(23-11-14-5-3-2-4-6-14)22-8-7-15-9-17(20)10-16-12-24-13-25-18(15)16;/h2-6,9-10H,7-8,11-13H2,1H3,(H2,21,22,23);1H. The first kappa shape index (κ1) is 20.4. The molecule has 2 aromatic carbocycles. The maximum atomic E-state index is 13.7. The van der Waals surface area contributed by atoms with Crippen LogP contribution >= 0.6 is 24.0 Å². The van der Waals surface area contributed by atoms with Gasteiger partial charge in [0.1, 0.15) is 11.6 Å². The second kappa shape index (κ2) is 10.3. The number of fused-ring (bicyclic) bond motifs is 1. The minimum Gasteiger partial charge on any atom is -0.467 e. The molecule has 0 bridgehead atoms. The Hall–Kier alpha value is -1.87. The number of guanidine groups is 1. The molecule has 0 atom stereocenters. The van der Waals surface area contributed by atoms with Crippen molar-refractivity contribution in [2.75, 3.05) is 20.4 Å². The molecule has 1 aliphatic heterocycles. The summed E-state index contributed by atoms with van der Waals surface area (Å²) in [4.78, 5) is 4.21. The van der Waals surface area contributed by atoms with Crippen LogP contribution < -0.4 is 15.4 Å². The maximum absolute atomic E-state index is 13.7. The Morgan fingerprint density at radius 1 is 1.19 bits per heavy atom. The predicted octanol–water partition coefficient (Wildman–Crippen LogP) is 3.22. The van der Waals surface area contributed by atoms with Gasteiger partial charge >= 0.3 is 0 Å². The molecule has 0 radical (unpaired) electrons. The summed E-state index contributed by atoms with van der Waals surface area (Å²) in [5.41, 5.74) is 2.77. The number of hydrogen-bond acceptors (Lipinski definition) is 3. The van der Waals surface area contributed by atoms with Crippen molar-refractivity contribution in [1.29, 1.82) is 0 Å². The average Bonchev–Trinajstić information content (AvgIpc) is 2.65. The highest BCUT2D eigenvalue weighted by Crippen LogP contribution is 2.29. The molecule has 1 aliphatic rings. The van der Waals surface area contributed by atoms with Gasteiger partial charge in [-0.1, -0.05) is 30.3 Å². The van der Waals surface area contributed by atoms with Crippen molar-refractivity contribution in [3.05, 3.63) is 65.0 Å². The van der Waals surface area contributed by atoms with E-state index >= 15 is 0 Å². The van der Waals surface area contributed by atoms with Gasteiger partial charge in [-0.05, 0) is 29.7 Å². The van der Waals surface area contributed by atoms with Gasteiger partial charge in [-0.15, -0.1) is 24.0 Å². The minimum atomic E-state index is -0.269. The van der Waals surface area contributed by atoms with Crippen molar-refractivity contribution in [3.63, 3.8) is 0 Å². The third-order valence-corrected chi connectivity index (χ3v) is 3.96. The Morgan fingerprint density at radius 3 is 2.77 bits per heavy atom. The van der Waals surface area contributed by atoms with Gasteiger partial charge < -0.3 is 20.1 Å². The summed E-state index contributed by atoms with van der Waals surface area (Å²) >= 11 is 0. The first-order valence-corrected chi connectivity index (χ1v) is 8.26. The van der Waals surface area contributed by atoms with Crippen LogP contribution in [-0.4, -0.2) is 26.3 Å². The average molecular weight is 471 g/mol. The molecule has 2 aromatic rings. The number of nitrogens with zero attached hydrogens (tertiary/aromatic N) is 1. The highest BCUT2D eigenvalue weighted by molar-refractivity contribution is 14.0. The van der Waals surface area contributed by atoms with E-state index in [2.05, 4.69) is 27.8 Å². The van der Waals surface area contributed by atoms with Gasteiger partial charge in [0.2, 0.25) is 0 Å². The van der Waals surface area contributed by atoms with E-state index in [9.17, 15) is 4.39 Å². The van der Waals surface area contributed by atoms with Gasteiger partial charge in [-0.3, -0.25) is 4.99 Å². The molecule has 2 N–H and O–H groups in total. The van der Waals surface area contributed by atoms with Gasteiger partial charge in [0.05, 0.1) is 6.61 Å². The van der Waals surface area contributed by atoms with Crippen LogP contribution in [0.15, 0.2) is 47.5 Å². The lowest BCUT2D eigenvalue weighted by molar-refractivity contribution is -0.0172. The molecule has 7 heteroatoms. The van der Waals surface area contributed by atoms with E-state index in [1.807, 2.05) is 18.2 Å². The summed E-state index contributed by atoms with van der Waals surface area (Å²) in [6.07, 6.45) is 0.631. The van der Waals surface area contributed by atoms with Crippen LogP contribution in [0.5, 0.6) is 5.75 Å². The zero-order chi connectivity index (χ0) is 17.5. The molecule has 0 saturated carbocycles. The van der Waals surface area contributed by atoms with Gasteiger partial charge in [-0.25, -0.2) is 4.39 Å². The zero-order valence-electron chi connectivity index (χ0n) is 14.6. The topological polar surface area (TPSA) is 54.9 Å². The Labute approximate surface area is 170 Å². The van der Waals surface area contributed by atoms with E-state index in [0.717, 1.165) is 16.9 Å². The van der Waals surface area contributed by atoms with Gasteiger partial charge in [0, 0.05) is 25.7 Å². The summed E-state index contributed by atoms with van der Waals surface area (Å²) in [7, 11) is 1.73. The summed E-state index contributed by atoms with van der Waals surface area (Å²) in [5.74, 6) is 1.18. The summed E-state index contributed by atoms with van der Waals surface area (Å²) in [6.45, 7) is 1.90. The van der Waals surface area contributed by atoms with E-state index in [-0.39, 0.29) is 36.6 Å². The Bertz CT molecular complexity index is 741. The molecular weight excluding hydrogens is 448 g/mol. The largest absolute Gasteiger partial charge is 0.467 e. The molecule has 3 rings (SSSR count). The van der Waals surface area contributed by atoms with Gasteiger partial charge in [-0.2, -0.15) is 0 Å².